The van der Waals surface area contributed by atoms with Gasteiger partial charge in [-0.25, -0.2) is 0 Å². The molecule has 130 valence electrons. The van der Waals surface area contributed by atoms with Gasteiger partial charge in [0.25, 0.3) is 0 Å². The molecule has 2 N–H and O–H groups in total. The Morgan fingerprint density at radius 3 is 2.56 bits per heavy atom. The Kier molecular flexibility index (Phi) is 7.66. The van der Waals surface area contributed by atoms with Gasteiger partial charge in [0.15, 0.2) is 5.96 Å². The number of para-hydroxylation sites is 1. The lowest BCUT2D eigenvalue weighted by Gasteiger charge is -2.13. The van der Waals surface area contributed by atoms with E-state index in [1.807, 2.05) is 18.3 Å². The third-order valence-electron chi connectivity index (χ3n) is 3.94. The lowest BCUT2D eigenvalue weighted by Crippen LogP contribution is -2.37. The third kappa shape index (κ3) is 5.42. The number of nitrogens with zero attached hydrogens (tertiary/aromatic N) is 2. The zero-order valence-electron chi connectivity index (χ0n) is 14.3. The van der Waals surface area contributed by atoms with Crippen molar-refractivity contribution in [1.29, 1.82) is 0 Å². The van der Waals surface area contributed by atoms with E-state index in [0.717, 1.165) is 29.8 Å². The molecule has 5 heteroatoms. The number of benzene rings is 2. The molecule has 0 saturated carbocycles. The maximum absolute atomic E-state index is 4.49. The first-order valence-electron chi connectivity index (χ1n) is 8.18. The highest BCUT2D eigenvalue weighted by Crippen LogP contribution is 2.15. The minimum absolute atomic E-state index is 0. The van der Waals surface area contributed by atoms with E-state index in [-0.39, 0.29) is 24.0 Å². The van der Waals surface area contributed by atoms with Crippen molar-refractivity contribution < 1.29 is 0 Å². The van der Waals surface area contributed by atoms with Crippen LogP contribution >= 0.6 is 24.0 Å². The number of hydrogen-bond acceptors (Lipinski definition) is 2. The van der Waals surface area contributed by atoms with E-state index in [9.17, 15) is 0 Å². The van der Waals surface area contributed by atoms with Crippen molar-refractivity contribution in [3.05, 3.63) is 78.0 Å². The fraction of sp³-hybridized carbons (Fsp3) is 0.200. The molecule has 1 aromatic heterocycles. The fourth-order valence-electron chi connectivity index (χ4n) is 2.68. The van der Waals surface area contributed by atoms with Crippen LogP contribution in [0.1, 0.15) is 11.1 Å². The van der Waals surface area contributed by atoms with Gasteiger partial charge in [-0.15, -0.1) is 24.0 Å². The van der Waals surface area contributed by atoms with E-state index in [4.69, 9.17) is 0 Å². The van der Waals surface area contributed by atoms with Gasteiger partial charge in [-0.1, -0.05) is 54.6 Å². The number of nitrogens with one attached hydrogen (secondary N) is 2. The standard InChI is InChI=1S/C20H22N4.HI/c1-21-20(23-14-12-16-7-3-2-4-8-16)24-15-18-10-5-9-17-11-6-13-22-19(17)18;/h2-11,13H,12,14-15H2,1H3,(H2,21,23,24);1H. The van der Waals surface area contributed by atoms with Gasteiger partial charge in [0, 0.05) is 31.7 Å². The molecule has 0 aliphatic carbocycles. The van der Waals surface area contributed by atoms with Crippen molar-refractivity contribution >= 4 is 40.8 Å². The summed E-state index contributed by atoms with van der Waals surface area (Å²) < 4.78 is 0. The summed E-state index contributed by atoms with van der Waals surface area (Å²) >= 11 is 0. The molecule has 0 unspecified atom stereocenters. The summed E-state index contributed by atoms with van der Waals surface area (Å²) in [5.74, 6) is 0.805. The first-order chi connectivity index (χ1) is 11.9. The van der Waals surface area contributed by atoms with Crippen LogP contribution in [0, 0.1) is 0 Å². The van der Waals surface area contributed by atoms with Crippen LogP contribution in [0.2, 0.25) is 0 Å². The average Bonchev–Trinajstić information content (AvgIpc) is 2.65. The number of aromatic nitrogens is 1. The first-order valence-corrected chi connectivity index (χ1v) is 8.18. The Morgan fingerprint density at radius 1 is 0.960 bits per heavy atom. The number of guanidine groups is 1. The quantitative estimate of drug-likeness (QED) is 0.357. The maximum atomic E-state index is 4.49. The van der Waals surface area contributed by atoms with Gasteiger partial charge in [0.2, 0.25) is 0 Å². The Morgan fingerprint density at radius 2 is 1.76 bits per heavy atom. The Bertz CT molecular complexity index is 813. The van der Waals surface area contributed by atoms with E-state index in [1.165, 1.54) is 11.1 Å². The highest BCUT2D eigenvalue weighted by molar-refractivity contribution is 14.0. The van der Waals surface area contributed by atoms with Crippen molar-refractivity contribution in [1.82, 2.24) is 15.6 Å². The lowest BCUT2D eigenvalue weighted by molar-refractivity contribution is 0.796. The Hall–Kier alpha value is -2.15. The molecule has 0 atom stereocenters. The number of aliphatic imine (C=N–C) groups is 1. The van der Waals surface area contributed by atoms with Crippen LogP contribution in [0.4, 0.5) is 0 Å². The summed E-state index contributed by atoms with van der Waals surface area (Å²) in [5.41, 5.74) is 3.52. The summed E-state index contributed by atoms with van der Waals surface area (Å²) in [6, 6.07) is 20.7. The lowest BCUT2D eigenvalue weighted by atomic mass is 10.1. The second kappa shape index (κ2) is 9.98. The summed E-state index contributed by atoms with van der Waals surface area (Å²) in [6.07, 6.45) is 2.80. The first kappa shape index (κ1) is 19.2. The third-order valence-corrected chi connectivity index (χ3v) is 3.94. The van der Waals surface area contributed by atoms with Crippen LogP contribution in [0.15, 0.2) is 71.9 Å². The predicted octanol–water partition coefficient (Wildman–Crippen LogP) is 3.76. The molecule has 0 aliphatic heterocycles. The number of rotatable bonds is 5. The topological polar surface area (TPSA) is 49.3 Å². The van der Waals surface area contributed by atoms with E-state index in [1.54, 1.807) is 7.05 Å². The van der Waals surface area contributed by atoms with Gasteiger partial charge in [-0.2, -0.15) is 0 Å². The molecule has 3 rings (SSSR count). The second-order valence-corrected chi connectivity index (χ2v) is 5.58. The monoisotopic (exact) mass is 446 g/mol. The Labute approximate surface area is 165 Å². The van der Waals surface area contributed by atoms with E-state index < -0.39 is 0 Å². The van der Waals surface area contributed by atoms with Crippen LogP contribution in [0.5, 0.6) is 0 Å². The van der Waals surface area contributed by atoms with Crippen molar-refractivity contribution in [2.24, 2.45) is 4.99 Å². The molecule has 0 amide bonds. The largest absolute Gasteiger partial charge is 0.356 e. The maximum Gasteiger partial charge on any atom is 0.191 e. The molecule has 0 spiro atoms. The minimum atomic E-state index is 0. The number of halogens is 1. The molecule has 0 fully saturated rings. The van der Waals surface area contributed by atoms with Crippen molar-refractivity contribution in [2.45, 2.75) is 13.0 Å². The van der Waals surface area contributed by atoms with E-state index in [2.05, 4.69) is 69.1 Å². The van der Waals surface area contributed by atoms with Gasteiger partial charge in [0.1, 0.15) is 0 Å². The highest BCUT2D eigenvalue weighted by atomic mass is 127. The molecule has 0 bridgehead atoms. The molecular formula is C20H23IN4. The SMILES string of the molecule is CN=C(NCCc1ccccc1)NCc1cccc2cccnc12.I. The Balaban J connectivity index is 0.00000225. The van der Waals surface area contributed by atoms with Crippen LogP contribution in [-0.2, 0) is 13.0 Å². The highest BCUT2D eigenvalue weighted by Gasteiger charge is 2.03. The van der Waals surface area contributed by atoms with E-state index >= 15 is 0 Å². The molecule has 3 aromatic rings. The van der Waals surface area contributed by atoms with Gasteiger partial charge < -0.3 is 10.6 Å². The summed E-state index contributed by atoms with van der Waals surface area (Å²) in [6.45, 7) is 1.54. The second-order valence-electron chi connectivity index (χ2n) is 5.58. The van der Waals surface area contributed by atoms with Crippen molar-refractivity contribution in [3.63, 3.8) is 0 Å². The molecule has 0 saturated heterocycles. The molecule has 0 radical (unpaired) electrons. The van der Waals surface area contributed by atoms with Crippen LogP contribution in [0.25, 0.3) is 10.9 Å². The summed E-state index contributed by atoms with van der Waals surface area (Å²) in [4.78, 5) is 8.77. The molecule has 2 aromatic carbocycles. The van der Waals surface area contributed by atoms with E-state index in [0.29, 0.717) is 6.54 Å². The number of fused-ring (bicyclic) bond motifs is 1. The van der Waals surface area contributed by atoms with Gasteiger partial charge in [-0.3, -0.25) is 9.98 Å². The number of hydrogen-bond donors (Lipinski definition) is 2. The predicted molar refractivity (Wildman–Crippen MR) is 116 cm³/mol. The molecular weight excluding hydrogens is 423 g/mol. The molecule has 25 heavy (non-hydrogen) atoms. The minimum Gasteiger partial charge on any atom is -0.356 e. The van der Waals surface area contributed by atoms with Crippen LogP contribution in [-0.4, -0.2) is 24.5 Å². The molecule has 0 aliphatic rings. The zero-order valence-corrected chi connectivity index (χ0v) is 16.6. The smallest absolute Gasteiger partial charge is 0.191 e. The fourth-order valence-corrected chi connectivity index (χ4v) is 2.68. The number of pyridine rings is 1. The van der Waals surface area contributed by atoms with Crippen molar-refractivity contribution in [2.75, 3.05) is 13.6 Å². The van der Waals surface area contributed by atoms with Gasteiger partial charge in [-0.05, 0) is 23.6 Å². The summed E-state index contributed by atoms with van der Waals surface area (Å²) in [5, 5.41) is 7.87. The normalized spacial score (nSPS) is 11.0. The van der Waals surface area contributed by atoms with Crippen molar-refractivity contribution in [3.8, 4) is 0 Å². The zero-order chi connectivity index (χ0) is 16.6. The van der Waals surface area contributed by atoms with Crippen LogP contribution < -0.4 is 10.6 Å². The van der Waals surface area contributed by atoms with Crippen LogP contribution in [0.3, 0.4) is 0 Å². The summed E-state index contributed by atoms with van der Waals surface area (Å²) in [7, 11) is 1.79. The molecule has 4 nitrogen and oxygen atoms in total. The van der Waals surface area contributed by atoms with Gasteiger partial charge in [0.05, 0.1) is 5.52 Å². The average molecular weight is 446 g/mol. The van der Waals surface area contributed by atoms with Gasteiger partial charge >= 0.3 is 0 Å². The molecule has 1 heterocycles.